The van der Waals surface area contributed by atoms with Gasteiger partial charge in [-0.25, -0.2) is 0 Å². The average Bonchev–Trinajstić information content (AvgIpc) is 3.11. The molecule has 2 amide bonds. The van der Waals surface area contributed by atoms with Crippen LogP contribution < -0.4 is 10.4 Å². The zero-order valence-electron chi connectivity index (χ0n) is 13.9. The molecule has 0 aliphatic carbocycles. The Kier molecular flexibility index (Phi) is 5.00. The fourth-order valence-electron chi connectivity index (χ4n) is 2.49. The van der Waals surface area contributed by atoms with E-state index < -0.39 is 17.8 Å². The van der Waals surface area contributed by atoms with E-state index in [0.717, 1.165) is 0 Å². The summed E-state index contributed by atoms with van der Waals surface area (Å²) in [6.07, 6.45) is 2.83. The fourth-order valence-corrected chi connectivity index (χ4v) is 2.74. The Labute approximate surface area is 159 Å². The minimum atomic E-state index is -1.27. The van der Waals surface area contributed by atoms with E-state index in [0.29, 0.717) is 17.1 Å². The van der Waals surface area contributed by atoms with Crippen LogP contribution in [-0.4, -0.2) is 34.3 Å². The lowest BCUT2D eigenvalue weighted by Crippen LogP contribution is -2.53. The van der Waals surface area contributed by atoms with Gasteiger partial charge in [0.25, 0.3) is 11.8 Å². The second kappa shape index (κ2) is 7.38. The van der Waals surface area contributed by atoms with Gasteiger partial charge >= 0.3 is 0 Å². The van der Waals surface area contributed by atoms with E-state index in [9.17, 15) is 19.5 Å². The molecule has 136 valence electrons. The Hall–Kier alpha value is -3.52. The lowest BCUT2D eigenvalue weighted by molar-refractivity contribution is -0.255. The number of carbonyl (C=O) groups is 3. The van der Waals surface area contributed by atoms with Gasteiger partial charge in [-0.2, -0.15) is 0 Å². The van der Waals surface area contributed by atoms with Crippen molar-refractivity contribution in [1.29, 1.82) is 0 Å². The van der Waals surface area contributed by atoms with Crippen LogP contribution in [0.3, 0.4) is 0 Å². The molecule has 8 heteroatoms. The molecule has 1 aliphatic heterocycles. The highest BCUT2D eigenvalue weighted by Crippen LogP contribution is 2.24. The van der Waals surface area contributed by atoms with Crippen LogP contribution >= 0.6 is 12.2 Å². The topological polar surface area (TPSA) is 103 Å². The first-order valence-electron chi connectivity index (χ1n) is 7.82. The maximum absolute atomic E-state index is 12.5. The minimum absolute atomic E-state index is 0.0233. The van der Waals surface area contributed by atoms with Crippen molar-refractivity contribution in [2.24, 2.45) is 0 Å². The van der Waals surface area contributed by atoms with Crippen LogP contribution in [0.25, 0.3) is 17.4 Å². The Balaban J connectivity index is 1.88. The highest BCUT2D eigenvalue weighted by Gasteiger charge is 2.32. The van der Waals surface area contributed by atoms with E-state index in [4.69, 9.17) is 16.6 Å². The van der Waals surface area contributed by atoms with Gasteiger partial charge in [-0.05, 0) is 36.0 Å². The van der Waals surface area contributed by atoms with E-state index in [-0.39, 0.29) is 22.8 Å². The first kappa shape index (κ1) is 18.3. The van der Waals surface area contributed by atoms with Gasteiger partial charge in [0.05, 0.1) is 5.97 Å². The zero-order valence-corrected chi connectivity index (χ0v) is 14.7. The highest BCUT2D eigenvalue weighted by atomic mass is 32.1. The number of hydrogen-bond donors (Lipinski definition) is 1. The van der Waals surface area contributed by atoms with Crippen molar-refractivity contribution in [1.82, 2.24) is 10.2 Å². The van der Waals surface area contributed by atoms with Crippen LogP contribution in [0.2, 0.25) is 0 Å². The number of furan rings is 1. The third-order valence-corrected chi connectivity index (χ3v) is 4.14. The number of carbonyl (C=O) groups excluding carboxylic acids is 3. The first-order valence-corrected chi connectivity index (χ1v) is 8.23. The quantitative estimate of drug-likeness (QED) is 0.360. The predicted octanol–water partition coefficient (Wildman–Crippen LogP) is 1.12. The molecule has 3 rings (SSSR count). The number of nitrogens with one attached hydrogen (secondary N) is 1. The summed E-state index contributed by atoms with van der Waals surface area (Å²) in [7, 11) is 0. The smallest absolute Gasteiger partial charge is 0.266 e. The van der Waals surface area contributed by atoms with E-state index in [1.807, 2.05) is 0 Å². The molecule has 0 radical (unpaired) electrons. The summed E-state index contributed by atoms with van der Waals surface area (Å²) in [5.74, 6) is -1.68. The van der Waals surface area contributed by atoms with Crippen LogP contribution in [0.1, 0.15) is 16.1 Å². The fraction of sp³-hybridized carbons (Fsp3) is 0.0526. The van der Waals surface area contributed by atoms with Crippen LogP contribution in [0.5, 0.6) is 0 Å². The van der Waals surface area contributed by atoms with Crippen molar-refractivity contribution >= 4 is 41.2 Å². The number of hydrogen-bond acceptors (Lipinski definition) is 6. The van der Waals surface area contributed by atoms with Crippen molar-refractivity contribution in [3.05, 3.63) is 65.9 Å². The lowest BCUT2D eigenvalue weighted by Gasteiger charge is -2.27. The normalized spacial score (nSPS) is 15.8. The molecule has 0 spiro atoms. The van der Waals surface area contributed by atoms with Crippen molar-refractivity contribution in [2.45, 2.75) is 0 Å². The molecule has 0 saturated carbocycles. The number of carboxylic acids is 1. The summed E-state index contributed by atoms with van der Waals surface area (Å²) < 4.78 is 5.65. The van der Waals surface area contributed by atoms with Gasteiger partial charge < -0.3 is 14.3 Å². The zero-order chi connectivity index (χ0) is 19.6. The van der Waals surface area contributed by atoms with Crippen LogP contribution in [0.4, 0.5) is 0 Å². The molecule has 1 aliphatic rings. The first-order chi connectivity index (χ1) is 12.9. The van der Waals surface area contributed by atoms with Crippen LogP contribution in [0.15, 0.2) is 59.0 Å². The van der Waals surface area contributed by atoms with E-state index in [1.165, 1.54) is 29.2 Å². The average molecular weight is 381 g/mol. The van der Waals surface area contributed by atoms with Crippen LogP contribution in [-0.2, 0) is 9.59 Å². The number of aromatic carboxylic acids is 1. The molecule has 1 N–H and O–H groups in total. The lowest BCUT2D eigenvalue weighted by atomic mass is 10.1. The molecule has 0 bridgehead atoms. The number of carboxylic acid groups (broad SMARTS) is 1. The molecule has 2 heterocycles. The summed E-state index contributed by atoms with van der Waals surface area (Å²) in [6.45, 7) is 3.73. The van der Waals surface area contributed by atoms with Gasteiger partial charge in [0.2, 0.25) is 0 Å². The van der Waals surface area contributed by atoms with Crippen molar-refractivity contribution in [3.63, 3.8) is 0 Å². The summed E-state index contributed by atoms with van der Waals surface area (Å²) in [6, 6.07) is 9.19. The predicted molar refractivity (Wildman–Crippen MR) is 99.1 cm³/mol. The summed E-state index contributed by atoms with van der Waals surface area (Å²) in [5.41, 5.74) is 0.576. The summed E-state index contributed by atoms with van der Waals surface area (Å²) >= 11 is 4.99. The van der Waals surface area contributed by atoms with Gasteiger partial charge in [-0.3, -0.25) is 19.8 Å². The van der Waals surface area contributed by atoms with Gasteiger partial charge in [0.15, 0.2) is 5.11 Å². The summed E-state index contributed by atoms with van der Waals surface area (Å²) in [5, 5.41) is 13.3. The van der Waals surface area contributed by atoms with Crippen molar-refractivity contribution < 1.29 is 23.9 Å². The molecular formula is C19H13N2O5S-. The molecule has 1 aromatic heterocycles. The molecule has 7 nitrogen and oxygen atoms in total. The molecular weight excluding hydrogens is 368 g/mol. The molecule has 2 aromatic rings. The van der Waals surface area contributed by atoms with Crippen molar-refractivity contribution in [2.75, 3.05) is 6.54 Å². The Morgan fingerprint density at radius 3 is 2.56 bits per heavy atom. The number of nitrogens with zero attached hydrogens (tertiary/aromatic N) is 1. The maximum Gasteiger partial charge on any atom is 0.266 e. The second-order valence-corrected chi connectivity index (χ2v) is 5.98. The van der Waals surface area contributed by atoms with E-state index in [2.05, 4.69) is 11.9 Å². The van der Waals surface area contributed by atoms with E-state index >= 15 is 0 Å². The third-order valence-electron chi connectivity index (χ3n) is 3.82. The van der Waals surface area contributed by atoms with Gasteiger partial charge in [-0.15, -0.1) is 6.58 Å². The summed E-state index contributed by atoms with van der Waals surface area (Å²) in [4.78, 5) is 36.6. The Bertz CT molecular complexity index is 988. The molecule has 27 heavy (non-hydrogen) atoms. The second-order valence-electron chi connectivity index (χ2n) is 5.59. The maximum atomic E-state index is 12.5. The molecule has 1 saturated heterocycles. The molecule has 0 atom stereocenters. The number of rotatable bonds is 5. The largest absolute Gasteiger partial charge is 0.545 e. The van der Waals surface area contributed by atoms with Crippen LogP contribution in [0, 0.1) is 0 Å². The third kappa shape index (κ3) is 3.70. The minimum Gasteiger partial charge on any atom is -0.545 e. The van der Waals surface area contributed by atoms with Gasteiger partial charge in [-0.1, -0.05) is 30.3 Å². The van der Waals surface area contributed by atoms with Crippen molar-refractivity contribution in [3.8, 4) is 11.3 Å². The monoisotopic (exact) mass is 381 g/mol. The molecule has 1 aromatic carbocycles. The molecule has 1 fully saturated rings. The SMILES string of the molecule is C=CCN1C(=O)/C(=C/c2ccc(-c3ccc(C(=O)[O-])cc3)o2)C(=O)NC1=S. The Morgan fingerprint density at radius 1 is 1.22 bits per heavy atom. The number of benzene rings is 1. The Morgan fingerprint density at radius 2 is 1.93 bits per heavy atom. The highest BCUT2D eigenvalue weighted by molar-refractivity contribution is 7.80. The molecule has 0 unspecified atom stereocenters. The van der Waals surface area contributed by atoms with E-state index in [1.54, 1.807) is 24.3 Å². The number of thiocarbonyl (C=S) groups is 1. The van der Waals surface area contributed by atoms with Gasteiger partial charge in [0, 0.05) is 12.1 Å². The number of amides is 2. The standard InChI is InChI=1S/C19H14N2O5S/c1-2-9-21-17(23)14(16(22)20-19(21)27)10-13-7-8-15(26-13)11-3-5-12(6-4-11)18(24)25/h2-8,10H,1,9H2,(H,24,25)(H,20,22,27)/p-1/b14-10+. The van der Waals surface area contributed by atoms with Gasteiger partial charge in [0.1, 0.15) is 17.1 Å².